The Hall–Kier alpha value is -1.74. The molecule has 0 aliphatic carbocycles. The molecule has 1 N–H and O–H groups in total. The van der Waals surface area contributed by atoms with Crippen LogP contribution in [0.4, 0.5) is 8.78 Å². The summed E-state index contributed by atoms with van der Waals surface area (Å²) in [6.45, 7) is 1.59. The Morgan fingerprint density at radius 2 is 1.47 bits per heavy atom. The maximum atomic E-state index is 13.6. The molecule has 100 valence electrons. The summed E-state index contributed by atoms with van der Waals surface area (Å²) in [6.07, 6.45) is 0.294. The Labute approximate surface area is 111 Å². The van der Waals surface area contributed by atoms with Crippen LogP contribution in [0, 0.1) is 11.6 Å². The third kappa shape index (κ3) is 3.61. The van der Waals surface area contributed by atoms with Gasteiger partial charge in [0.05, 0.1) is 5.60 Å². The topological polar surface area (TPSA) is 20.2 Å². The molecule has 1 unspecified atom stereocenters. The van der Waals surface area contributed by atoms with Crippen molar-refractivity contribution in [3.63, 3.8) is 0 Å². The van der Waals surface area contributed by atoms with Crippen LogP contribution in [0.15, 0.2) is 48.5 Å². The first-order valence-electron chi connectivity index (χ1n) is 6.17. The largest absolute Gasteiger partial charge is 0.389 e. The van der Waals surface area contributed by atoms with Crippen molar-refractivity contribution in [1.29, 1.82) is 0 Å². The SMILES string of the molecule is CC(O)(Cc1ccccc1)Cc1c(F)cccc1F. The van der Waals surface area contributed by atoms with Crippen molar-refractivity contribution in [2.24, 2.45) is 0 Å². The lowest BCUT2D eigenvalue weighted by Crippen LogP contribution is -2.31. The molecule has 0 amide bonds. The molecule has 3 heteroatoms. The normalized spacial score (nSPS) is 14.1. The molecule has 0 aliphatic rings. The second kappa shape index (κ2) is 5.49. The summed E-state index contributed by atoms with van der Waals surface area (Å²) in [5, 5.41) is 10.3. The highest BCUT2D eigenvalue weighted by Crippen LogP contribution is 2.22. The molecule has 2 aromatic carbocycles. The van der Waals surface area contributed by atoms with E-state index in [1.165, 1.54) is 18.2 Å². The molecule has 2 aromatic rings. The highest BCUT2D eigenvalue weighted by atomic mass is 19.1. The van der Waals surface area contributed by atoms with Gasteiger partial charge in [-0.3, -0.25) is 0 Å². The Kier molecular flexibility index (Phi) is 3.96. The zero-order chi connectivity index (χ0) is 13.9. The summed E-state index contributed by atoms with van der Waals surface area (Å²) >= 11 is 0. The Bertz CT molecular complexity index is 530. The summed E-state index contributed by atoms with van der Waals surface area (Å²) in [6, 6.07) is 13.1. The van der Waals surface area contributed by atoms with Gasteiger partial charge in [-0.2, -0.15) is 0 Å². The van der Waals surface area contributed by atoms with Gasteiger partial charge in [0.1, 0.15) is 11.6 Å². The second-order valence-corrected chi connectivity index (χ2v) is 5.04. The van der Waals surface area contributed by atoms with Crippen LogP contribution in [0.25, 0.3) is 0 Å². The second-order valence-electron chi connectivity index (χ2n) is 5.04. The average Bonchev–Trinajstić information content (AvgIpc) is 2.35. The summed E-state index contributed by atoms with van der Waals surface area (Å²) in [7, 11) is 0. The minimum absolute atomic E-state index is 0.0552. The van der Waals surface area contributed by atoms with E-state index in [-0.39, 0.29) is 12.0 Å². The van der Waals surface area contributed by atoms with E-state index in [1.54, 1.807) is 6.92 Å². The fraction of sp³-hybridized carbons (Fsp3) is 0.250. The molecule has 19 heavy (non-hydrogen) atoms. The van der Waals surface area contributed by atoms with Crippen LogP contribution < -0.4 is 0 Å². The maximum absolute atomic E-state index is 13.6. The lowest BCUT2D eigenvalue weighted by Gasteiger charge is -2.24. The van der Waals surface area contributed by atoms with Gasteiger partial charge in [-0.05, 0) is 24.6 Å². The molecular weight excluding hydrogens is 246 g/mol. The quantitative estimate of drug-likeness (QED) is 0.894. The van der Waals surface area contributed by atoms with E-state index in [9.17, 15) is 13.9 Å². The van der Waals surface area contributed by atoms with E-state index in [0.717, 1.165) is 5.56 Å². The lowest BCUT2D eigenvalue weighted by atomic mass is 9.89. The van der Waals surface area contributed by atoms with Gasteiger partial charge < -0.3 is 5.11 Å². The van der Waals surface area contributed by atoms with Crippen LogP contribution in [-0.4, -0.2) is 10.7 Å². The first kappa shape index (κ1) is 13.7. The van der Waals surface area contributed by atoms with Gasteiger partial charge in [-0.25, -0.2) is 8.78 Å². The number of rotatable bonds is 4. The molecular formula is C16H16F2O. The zero-order valence-corrected chi connectivity index (χ0v) is 10.7. The molecule has 0 aromatic heterocycles. The molecule has 0 saturated carbocycles. The number of benzene rings is 2. The van der Waals surface area contributed by atoms with Gasteiger partial charge in [0.25, 0.3) is 0 Å². The summed E-state index contributed by atoms with van der Waals surface area (Å²) in [5.74, 6) is -1.23. The highest BCUT2D eigenvalue weighted by Gasteiger charge is 2.25. The molecule has 0 fully saturated rings. The molecule has 0 heterocycles. The maximum Gasteiger partial charge on any atom is 0.129 e. The molecule has 1 nitrogen and oxygen atoms in total. The first-order valence-corrected chi connectivity index (χ1v) is 6.17. The van der Waals surface area contributed by atoms with Crippen LogP contribution in [0.3, 0.4) is 0 Å². The monoisotopic (exact) mass is 262 g/mol. The molecule has 0 bridgehead atoms. The van der Waals surface area contributed by atoms with E-state index in [0.29, 0.717) is 6.42 Å². The minimum atomic E-state index is -1.19. The smallest absolute Gasteiger partial charge is 0.129 e. The standard InChI is InChI=1S/C16H16F2O/c1-16(19,10-12-6-3-2-4-7-12)11-13-14(17)8-5-9-15(13)18/h2-9,19H,10-11H2,1H3. The van der Waals surface area contributed by atoms with Crippen LogP contribution >= 0.6 is 0 Å². The molecule has 0 saturated heterocycles. The van der Waals surface area contributed by atoms with Gasteiger partial charge in [-0.1, -0.05) is 36.4 Å². The third-order valence-electron chi connectivity index (χ3n) is 3.05. The summed E-state index contributed by atoms with van der Waals surface area (Å²) in [5.41, 5.74) is -0.322. The van der Waals surface area contributed by atoms with E-state index in [4.69, 9.17) is 0 Å². The number of hydrogen-bond donors (Lipinski definition) is 1. The number of halogens is 2. The predicted molar refractivity (Wildman–Crippen MR) is 70.8 cm³/mol. The fourth-order valence-corrected chi connectivity index (χ4v) is 2.18. The van der Waals surface area contributed by atoms with Gasteiger partial charge in [0.2, 0.25) is 0 Å². The predicted octanol–water partition coefficient (Wildman–Crippen LogP) is 3.50. The zero-order valence-electron chi connectivity index (χ0n) is 10.7. The van der Waals surface area contributed by atoms with Crippen LogP contribution in [0.2, 0.25) is 0 Å². The van der Waals surface area contributed by atoms with E-state index in [1.807, 2.05) is 30.3 Å². The van der Waals surface area contributed by atoms with Crippen molar-refractivity contribution in [3.05, 3.63) is 71.3 Å². The van der Waals surface area contributed by atoms with Crippen molar-refractivity contribution in [1.82, 2.24) is 0 Å². The van der Waals surface area contributed by atoms with Gasteiger partial charge in [0, 0.05) is 18.4 Å². The average molecular weight is 262 g/mol. The highest BCUT2D eigenvalue weighted by molar-refractivity contribution is 5.23. The van der Waals surface area contributed by atoms with Crippen LogP contribution in [0.1, 0.15) is 18.1 Å². The Morgan fingerprint density at radius 1 is 0.895 bits per heavy atom. The fourth-order valence-electron chi connectivity index (χ4n) is 2.18. The lowest BCUT2D eigenvalue weighted by molar-refractivity contribution is 0.0589. The van der Waals surface area contributed by atoms with E-state index >= 15 is 0 Å². The number of hydrogen-bond acceptors (Lipinski definition) is 1. The Balaban J connectivity index is 2.17. The van der Waals surface area contributed by atoms with Crippen molar-refractivity contribution < 1.29 is 13.9 Å². The Morgan fingerprint density at radius 3 is 2.05 bits per heavy atom. The van der Waals surface area contributed by atoms with Crippen LogP contribution in [-0.2, 0) is 12.8 Å². The molecule has 2 rings (SSSR count). The van der Waals surface area contributed by atoms with Crippen molar-refractivity contribution in [2.45, 2.75) is 25.4 Å². The minimum Gasteiger partial charge on any atom is -0.389 e. The molecule has 0 spiro atoms. The molecule has 0 aliphatic heterocycles. The van der Waals surface area contributed by atoms with Crippen molar-refractivity contribution in [3.8, 4) is 0 Å². The first-order chi connectivity index (χ1) is 8.98. The van der Waals surface area contributed by atoms with Gasteiger partial charge >= 0.3 is 0 Å². The van der Waals surface area contributed by atoms with Crippen molar-refractivity contribution in [2.75, 3.05) is 0 Å². The van der Waals surface area contributed by atoms with Crippen LogP contribution in [0.5, 0.6) is 0 Å². The van der Waals surface area contributed by atoms with E-state index < -0.39 is 17.2 Å². The summed E-state index contributed by atoms with van der Waals surface area (Å²) < 4.78 is 27.1. The molecule has 1 atom stereocenters. The molecule has 0 radical (unpaired) electrons. The van der Waals surface area contributed by atoms with Gasteiger partial charge in [0.15, 0.2) is 0 Å². The van der Waals surface area contributed by atoms with E-state index in [2.05, 4.69) is 0 Å². The van der Waals surface area contributed by atoms with Gasteiger partial charge in [-0.15, -0.1) is 0 Å². The van der Waals surface area contributed by atoms with Crippen molar-refractivity contribution >= 4 is 0 Å². The summed E-state index contributed by atoms with van der Waals surface area (Å²) in [4.78, 5) is 0. The number of aliphatic hydroxyl groups is 1. The third-order valence-corrected chi connectivity index (χ3v) is 3.05.